The Hall–Kier alpha value is -3.07. The second-order valence-electron chi connectivity index (χ2n) is 5.53. The van der Waals surface area contributed by atoms with E-state index in [1.165, 1.54) is 19.1 Å². The molecule has 0 aliphatic heterocycles. The molecule has 0 saturated carbocycles. The van der Waals surface area contributed by atoms with Crippen LogP contribution in [0.1, 0.15) is 11.1 Å². The van der Waals surface area contributed by atoms with Gasteiger partial charge in [0.25, 0.3) is 10.0 Å². The van der Waals surface area contributed by atoms with Crippen LogP contribution in [0.2, 0.25) is 0 Å². The minimum Gasteiger partial charge on any atom is -0.365 e. The van der Waals surface area contributed by atoms with Gasteiger partial charge in [0.2, 0.25) is 0 Å². The average molecular weight is 373 g/mol. The third kappa shape index (κ3) is 4.31. The van der Waals surface area contributed by atoms with Crippen molar-refractivity contribution in [1.82, 2.24) is 15.2 Å². The molecular formula is C17H16FN5O2S. The first kappa shape index (κ1) is 17.7. The number of aryl methyl sites for hydroxylation is 1. The van der Waals surface area contributed by atoms with Crippen LogP contribution in [0.4, 0.5) is 16.0 Å². The largest absolute Gasteiger partial charge is 0.365 e. The zero-order chi connectivity index (χ0) is 18.6. The lowest BCUT2D eigenvalue weighted by molar-refractivity contribution is 0.598. The predicted molar refractivity (Wildman–Crippen MR) is 95.5 cm³/mol. The molecule has 0 atom stereocenters. The minimum absolute atomic E-state index is 0.0133. The van der Waals surface area contributed by atoms with E-state index < -0.39 is 15.8 Å². The maximum atomic E-state index is 13.2. The number of pyridine rings is 1. The van der Waals surface area contributed by atoms with E-state index in [0.717, 1.165) is 17.7 Å². The molecule has 2 N–H and O–H groups in total. The van der Waals surface area contributed by atoms with E-state index in [4.69, 9.17) is 0 Å². The Balaban J connectivity index is 1.68. The number of nitrogens with one attached hydrogen (secondary N) is 2. The van der Waals surface area contributed by atoms with Crippen molar-refractivity contribution in [2.45, 2.75) is 18.4 Å². The highest BCUT2D eigenvalue weighted by atomic mass is 32.2. The van der Waals surface area contributed by atoms with Gasteiger partial charge in [-0.15, -0.1) is 10.2 Å². The Morgan fingerprint density at radius 1 is 1.00 bits per heavy atom. The molecule has 7 nitrogen and oxygen atoms in total. The van der Waals surface area contributed by atoms with Crippen LogP contribution in [-0.4, -0.2) is 23.6 Å². The number of benzene rings is 1. The van der Waals surface area contributed by atoms with Gasteiger partial charge in [0.05, 0.1) is 4.90 Å². The topological polar surface area (TPSA) is 96.9 Å². The van der Waals surface area contributed by atoms with Gasteiger partial charge in [-0.05, 0) is 60.5 Å². The fourth-order valence-corrected chi connectivity index (χ4v) is 3.51. The fourth-order valence-electron chi connectivity index (χ4n) is 2.28. The van der Waals surface area contributed by atoms with Crippen LogP contribution >= 0.6 is 0 Å². The number of hydrogen-bond acceptors (Lipinski definition) is 6. The fraction of sp³-hybridized carbons (Fsp3) is 0.118. The molecule has 0 radical (unpaired) electrons. The first-order valence-corrected chi connectivity index (χ1v) is 9.18. The van der Waals surface area contributed by atoms with Crippen LogP contribution in [0.3, 0.4) is 0 Å². The maximum absolute atomic E-state index is 13.2. The summed E-state index contributed by atoms with van der Waals surface area (Å²) in [4.78, 5) is 3.93. The zero-order valence-corrected chi connectivity index (χ0v) is 14.7. The van der Waals surface area contributed by atoms with Crippen molar-refractivity contribution in [3.8, 4) is 0 Å². The van der Waals surface area contributed by atoms with Crippen LogP contribution < -0.4 is 10.0 Å². The van der Waals surface area contributed by atoms with E-state index in [2.05, 4.69) is 25.2 Å². The molecule has 3 rings (SSSR count). The van der Waals surface area contributed by atoms with E-state index in [1.807, 2.05) is 12.1 Å². The van der Waals surface area contributed by atoms with Crippen LogP contribution in [0.15, 0.2) is 59.8 Å². The number of sulfonamides is 1. The molecule has 134 valence electrons. The molecule has 2 heterocycles. The molecule has 3 aromatic rings. The van der Waals surface area contributed by atoms with Crippen LogP contribution in [-0.2, 0) is 16.6 Å². The van der Waals surface area contributed by atoms with Crippen molar-refractivity contribution < 1.29 is 12.8 Å². The summed E-state index contributed by atoms with van der Waals surface area (Å²) in [5, 5.41) is 10.9. The van der Waals surface area contributed by atoms with Gasteiger partial charge in [-0.25, -0.2) is 12.8 Å². The molecule has 0 aliphatic carbocycles. The van der Waals surface area contributed by atoms with E-state index in [0.29, 0.717) is 17.9 Å². The Labute approximate surface area is 150 Å². The van der Waals surface area contributed by atoms with Crippen molar-refractivity contribution in [3.05, 3.63) is 71.8 Å². The highest BCUT2D eigenvalue weighted by molar-refractivity contribution is 7.92. The highest BCUT2D eigenvalue weighted by Crippen LogP contribution is 2.19. The van der Waals surface area contributed by atoms with Gasteiger partial charge < -0.3 is 5.32 Å². The molecule has 0 saturated heterocycles. The Bertz CT molecular complexity index is 995. The Morgan fingerprint density at radius 3 is 2.35 bits per heavy atom. The molecule has 0 unspecified atom stereocenters. The third-order valence-electron chi connectivity index (χ3n) is 3.55. The second kappa shape index (κ2) is 7.44. The summed E-state index contributed by atoms with van der Waals surface area (Å²) in [7, 11) is -3.88. The van der Waals surface area contributed by atoms with Crippen LogP contribution in [0.25, 0.3) is 0 Å². The predicted octanol–water partition coefficient (Wildman–Crippen LogP) is 2.73. The molecule has 0 fully saturated rings. The van der Waals surface area contributed by atoms with Gasteiger partial charge in [0.15, 0.2) is 5.82 Å². The quantitative estimate of drug-likeness (QED) is 0.690. The molecule has 0 aliphatic rings. The summed E-state index contributed by atoms with van der Waals surface area (Å²) in [5.74, 6) is 0.0803. The molecule has 9 heteroatoms. The maximum Gasteiger partial charge on any atom is 0.263 e. The summed E-state index contributed by atoms with van der Waals surface area (Å²) in [5.41, 5.74) is 1.33. The van der Waals surface area contributed by atoms with Gasteiger partial charge in [-0.1, -0.05) is 0 Å². The SMILES string of the molecule is Cc1cc(F)ccc1S(=O)(=O)Nc1ccc(NCc2ccncc2)nn1. The number of nitrogens with zero attached hydrogens (tertiary/aromatic N) is 3. The van der Waals surface area contributed by atoms with Crippen LogP contribution in [0, 0.1) is 12.7 Å². The molecule has 0 amide bonds. The van der Waals surface area contributed by atoms with Crippen molar-refractivity contribution >= 4 is 21.7 Å². The van der Waals surface area contributed by atoms with E-state index in [-0.39, 0.29) is 10.7 Å². The summed E-state index contributed by atoms with van der Waals surface area (Å²) in [6.07, 6.45) is 3.38. The van der Waals surface area contributed by atoms with Crippen molar-refractivity contribution in [1.29, 1.82) is 0 Å². The Kier molecular flexibility index (Phi) is 5.08. The molecule has 1 aromatic carbocycles. The second-order valence-corrected chi connectivity index (χ2v) is 7.18. The molecule has 0 bridgehead atoms. The summed E-state index contributed by atoms with van der Waals surface area (Å²) in [6.45, 7) is 2.06. The van der Waals surface area contributed by atoms with Crippen molar-refractivity contribution in [2.75, 3.05) is 10.0 Å². The highest BCUT2D eigenvalue weighted by Gasteiger charge is 2.18. The molecular weight excluding hydrogens is 357 g/mol. The van der Waals surface area contributed by atoms with Crippen LogP contribution in [0.5, 0.6) is 0 Å². The lowest BCUT2D eigenvalue weighted by Gasteiger charge is -2.10. The van der Waals surface area contributed by atoms with E-state index >= 15 is 0 Å². The number of halogens is 1. The van der Waals surface area contributed by atoms with Gasteiger partial charge in [-0.2, -0.15) is 0 Å². The first-order valence-electron chi connectivity index (χ1n) is 7.69. The third-order valence-corrected chi connectivity index (χ3v) is 5.07. The zero-order valence-electron chi connectivity index (χ0n) is 13.8. The summed E-state index contributed by atoms with van der Waals surface area (Å²) in [6, 6.07) is 10.3. The number of rotatable bonds is 6. The molecule has 2 aromatic heterocycles. The van der Waals surface area contributed by atoms with E-state index in [1.54, 1.807) is 18.5 Å². The number of anilines is 2. The lowest BCUT2D eigenvalue weighted by Crippen LogP contribution is -2.16. The van der Waals surface area contributed by atoms with Crippen molar-refractivity contribution in [2.24, 2.45) is 0 Å². The Morgan fingerprint density at radius 2 is 1.69 bits per heavy atom. The van der Waals surface area contributed by atoms with E-state index in [9.17, 15) is 12.8 Å². The van der Waals surface area contributed by atoms with Gasteiger partial charge in [0.1, 0.15) is 11.6 Å². The van der Waals surface area contributed by atoms with Gasteiger partial charge in [0, 0.05) is 18.9 Å². The molecule has 0 spiro atoms. The van der Waals surface area contributed by atoms with Crippen molar-refractivity contribution in [3.63, 3.8) is 0 Å². The normalized spacial score (nSPS) is 11.2. The summed E-state index contributed by atoms with van der Waals surface area (Å²) >= 11 is 0. The first-order chi connectivity index (χ1) is 12.4. The monoisotopic (exact) mass is 373 g/mol. The lowest BCUT2D eigenvalue weighted by atomic mass is 10.2. The van der Waals surface area contributed by atoms with Gasteiger partial charge in [-0.3, -0.25) is 9.71 Å². The standard InChI is InChI=1S/C17H16FN5O2S/c1-12-10-14(18)2-3-15(12)26(24,25)23-17-5-4-16(21-22-17)20-11-13-6-8-19-9-7-13/h2-10H,11H2,1H3,(H,20,21)(H,22,23). The average Bonchev–Trinajstić information content (AvgIpc) is 2.61. The van der Waals surface area contributed by atoms with Gasteiger partial charge >= 0.3 is 0 Å². The molecule has 26 heavy (non-hydrogen) atoms. The number of aromatic nitrogens is 3. The minimum atomic E-state index is -3.88. The summed E-state index contributed by atoms with van der Waals surface area (Å²) < 4.78 is 40.3. The smallest absolute Gasteiger partial charge is 0.263 e. The number of hydrogen-bond donors (Lipinski definition) is 2.